The molecule has 19 heteroatoms. The predicted octanol–water partition coefficient (Wildman–Crippen LogP) is 24.9. The second kappa shape index (κ2) is 73.2. The van der Waals surface area contributed by atoms with E-state index in [1.54, 1.807) is 0 Å². The highest BCUT2D eigenvalue weighted by Crippen LogP contribution is 2.45. The Labute approximate surface area is 626 Å². The van der Waals surface area contributed by atoms with Crippen molar-refractivity contribution in [1.82, 2.24) is 0 Å². The van der Waals surface area contributed by atoms with Crippen molar-refractivity contribution in [3.8, 4) is 0 Å². The summed E-state index contributed by atoms with van der Waals surface area (Å²) in [5.74, 6) is 0.244. The first-order valence-corrected chi connectivity index (χ1v) is 45.9. The third-order valence-electron chi connectivity index (χ3n) is 20.1. The normalized spacial score (nSPS) is 14.5. The molecule has 17 nitrogen and oxygen atoms in total. The van der Waals surface area contributed by atoms with Crippen LogP contribution in [0.2, 0.25) is 0 Å². The maximum absolute atomic E-state index is 13.1. The fourth-order valence-electron chi connectivity index (χ4n) is 12.8. The Hall–Kier alpha value is -1.94. The molecular formula is C83H162O17P2. The summed E-state index contributed by atoms with van der Waals surface area (Å²) in [7, 11) is -9.92. The zero-order valence-corrected chi connectivity index (χ0v) is 68.9. The topological polar surface area (TPSA) is 237 Å². The first-order chi connectivity index (χ1) is 49.3. The minimum absolute atomic E-state index is 0.105. The van der Waals surface area contributed by atoms with E-state index in [1.807, 2.05) is 0 Å². The summed E-state index contributed by atoms with van der Waals surface area (Å²) in [4.78, 5) is 73.1. The Bertz CT molecular complexity index is 1980. The van der Waals surface area contributed by atoms with Crippen molar-refractivity contribution in [1.29, 1.82) is 0 Å². The van der Waals surface area contributed by atoms with Gasteiger partial charge in [0.15, 0.2) is 12.2 Å². The van der Waals surface area contributed by atoms with Crippen molar-refractivity contribution < 1.29 is 80.2 Å². The Balaban J connectivity index is 5.23. The summed E-state index contributed by atoms with van der Waals surface area (Å²) < 4.78 is 68.8. The van der Waals surface area contributed by atoms with Gasteiger partial charge in [-0.15, -0.1) is 0 Å². The van der Waals surface area contributed by atoms with Gasteiger partial charge in [0, 0.05) is 25.7 Å². The second-order valence-electron chi connectivity index (χ2n) is 30.8. The van der Waals surface area contributed by atoms with Crippen LogP contribution in [0.15, 0.2) is 0 Å². The number of esters is 4. The summed E-state index contributed by atoms with van der Waals surface area (Å²) >= 11 is 0. The van der Waals surface area contributed by atoms with Crippen molar-refractivity contribution in [3.63, 3.8) is 0 Å². The smallest absolute Gasteiger partial charge is 0.462 e. The molecule has 3 N–H and O–H groups in total. The van der Waals surface area contributed by atoms with Gasteiger partial charge in [0.25, 0.3) is 0 Å². The summed E-state index contributed by atoms with van der Waals surface area (Å²) in [5.41, 5.74) is 0. The van der Waals surface area contributed by atoms with Crippen molar-refractivity contribution in [2.24, 2.45) is 17.8 Å². The second-order valence-corrected chi connectivity index (χ2v) is 33.7. The molecule has 0 aliphatic carbocycles. The number of phosphoric acid groups is 2. The number of carbonyl (C=O) groups excluding carboxylic acids is 4. The molecular weight excluding hydrogens is 1330 g/mol. The molecule has 0 saturated heterocycles. The van der Waals surface area contributed by atoms with Gasteiger partial charge in [0.1, 0.15) is 19.3 Å². The third-order valence-corrected chi connectivity index (χ3v) is 22.0. The lowest BCUT2D eigenvalue weighted by atomic mass is 9.99. The third kappa shape index (κ3) is 73.6. The van der Waals surface area contributed by atoms with E-state index < -0.39 is 97.5 Å². The van der Waals surface area contributed by atoms with Crippen molar-refractivity contribution >= 4 is 39.5 Å². The number of unbranched alkanes of at least 4 members (excludes halogenated alkanes) is 47. The lowest BCUT2D eigenvalue weighted by molar-refractivity contribution is -0.161. The molecule has 0 bridgehead atoms. The first kappa shape index (κ1) is 100. The SMILES string of the molecule is CCCCCCCCCCCCCCCCCCCC(=O)OC[C@H](COP(=O)(O)OC[C@@H](O)COP(=O)(O)OC[C@@H](COC(=O)CCCCCCCCC(C)CC)OC(=O)CCCCCCCCCCCCC(C)CC)OC(=O)CCCCCCCCCCCCCCCCCCCCC(C)C. The highest BCUT2D eigenvalue weighted by molar-refractivity contribution is 7.47. The number of carbonyl (C=O) groups is 4. The molecule has 102 heavy (non-hydrogen) atoms. The van der Waals surface area contributed by atoms with Crippen molar-refractivity contribution in [3.05, 3.63) is 0 Å². The molecule has 0 aromatic carbocycles. The molecule has 0 radical (unpaired) electrons. The number of ether oxygens (including phenoxy) is 4. The Morgan fingerprint density at radius 1 is 0.284 bits per heavy atom. The molecule has 0 heterocycles. The van der Waals surface area contributed by atoms with E-state index >= 15 is 0 Å². The van der Waals surface area contributed by atoms with Crippen LogP contribution in [0.4, 0.5) is 0 Å². The Kier molecular flexibility index (Phi) is 71.8. The van der Waals surface area contributed by atoms with Gasteiger partial charge in [-0.05, 0) is 43.4 Å². The van der Waals surface area contributed by atoms with E-state index in [1.165, 1.54) is 238 Å². The van der Waals surface area contributed by atoms with Gasteiger partial charge < -0.3 is 33.8 Å². The highest BCUT2D eigenvalue weighted by Gasteiger charge is 2.30. The van der Waals surface area contributed by atoms with Crippen LogP contribution in [0.3, 0.4) is 0 Å². The standard InChI is InChI=1S/C83H162O17P2/c1-8-11-12-13-14-15-16-17-18-21-25-28-31-37-42-50-57-64-80(85)93-70-78(99-82(87)66-59-52-43-38-32-29-26-23-20-19-22-24-27-30-35-40-47-54-61-74(4)5)72-97-101(89,90)95-68-77(84)69-96-102(91,92)98-73-79(71-94-81(86)65-58-51-46-45-49-56-63-76(7)10-3)100-83(88)67-60-53-44-39-34-33-36-41-48-55-62-75(6)9-2/h74-79,84H,8-73H2,1-7H3,(H,89,90)(H,91,92)/t75?,76?,77-,78-,79-/m1/s1. The molecule has 606 valence electrons. The quantitative estimate of drug-likeness (QED) is 0.0222. The van der Waals surface area contributed by atoms with Crippen LogP contribution in [0.5, 0.6) is 0 Å². The fourth-order valence-corrected chi connectivity index (χ4v) is 14.4. The molecule has 7 atom stereocenters. The van der Waals surface area contributed by atoms with Crippen LogP contribution in [0, 0.1) is 17.8 Å². The van der Waals surface area contributed by atoms with E-state index in [4.69, 9.17) is 37.0 Å². The lowest BCUT2D eigenvalue weighted by Gasteiger charge is -2.21. The minimum atomic E-state index is -4.96. The largest absolute Gasteiger partial charge is 0.472 e. The molecule has 0 fully saturated rings. The monoisotopic (exact) mass is 1490 g/mol. The summed E-state index contributed by atoms with van der Waals surface area (Å²) in [6.07, 6.45) is 62.5. The van der Waals surface area contributed by atoms with Crippen LogP contribution in [-0.2, 0) is 65.4 Å². The summed E-state index contributed by atoms with van der Waals surface area (Å²) in [6, 6.07) is 0. The summed E-state index contributed by atoms with van der Waals surface area (Å²) in [5, 5.41) is 10.7. The minimum Gasteiger partial charge on any atom is -0.462 e. The van der Waals surface area contributed by atoms with Crippen LogP contribution >= 0.6 is 15.6 Å². The van der Waals surface area contributed by atoms with Crippen LogP contribution < -0.4 is 0 Å². The number of hydrogen-bond donors (Lipinski definition) is 3. The molecule has 0 aromatic rings. The maximum atomic E-state index is 13.1. The number of aliphatic hydroxyl groups is 1. The van der Waals surface area contributed by atoms with E-state index in [0.717, 1.165) is 114 Å². The number of rotatable bonds is 81. The maximum Gasteiger partial charge on any atom is 0.472 e. The molecule has 4 unspecified atom stereocenters. The number of aliphatic hydroxyl groups excluding tert-OH is 1. The van der Waals surface area contributed by atoms with Crippen molar-refractivity contribution in [2.75, 3.05) is 39.6 Å². The molecule has 0 aromatic heterocycles. The van der Waals surface area contributed by atoms with Gasteiger partial charge >= 0.3 is 39.5 Å². The predicted molar refractivity (Wildman–Crippen MR) is 418 cm³/mol. The average Bonchev–Trinajstić information content (AvgIpc) is 2.43. The van der Waals surface area contributed by atoms with Gasteiger partial charge in [0.2, 0.25) is 0 Å². The van der Waals surface area contributed by atoms with Gasteiger partial charge in [-0.25, -0.2) is 9.13 Å². The molecule has 0 rings (SSSR count). The number of hydrogen-bond acceptors (Lipinski definition) is 15. The highest BCUT2D eigenvalue weighted by atomic mass is 31.2. The van der Waals surface area contributed by atoms with Crippen LogP contribution in [0.1, 0.15) is 434 Å². The first-order valence-electron chi connectivity index (χ1n) is 42.9. The van der Waals surface area contributed by atoms with E-state index in [0.29, 0.717) is 25.7 Å². The lowest BCUT2D eigenvalue weighted by Crippen LogP contribution is -2.30. The average molecular weight is 1490 g/mol. The van der Waals surface area contributed by atoms with Crippen molar-refractivity contribution in [2.45, 2.75) is 452 Å². The van der Waals surface area contributed by atoms with Gasteiger partial charge in [0.05, 0.1) is 26.4 Å². The van der Waals surface area contributed by atoms with E-state index in [2.05, 4.69) is 48.5 Å². The molecule has 0 aliphatic rings. The Morgan fingerprint density at radius 2 is 0.500 bits per heavy atom. The molecule has 0 aliphatic heterocycles. The van der Waals surface area contributed by atoms with Gasteiger partial charge in [-0.2, -0.15) is 0 Å². The zero-order valence-electron chi connectivity index (χ0n) is 67.1. The fraction of sp³-hybridized carbons (Fsp3) is 0.952. The molecule has 0 amide bonds. The zero-order chi connectivity index (χ0) is 75.1. The van der Waals surface area contributed by atoms with Gasteiger partial charge in [-0.1, -0.05) is 382 Å². The molecule has 0 saturated carbocycles. The van der Waals surface area contributed by atoms with Crippen LogP contribution in [-0.4, -0.2) is 96.7 Å². The summed E-state index contributed by atoms with van der Waals surface area (Å²) in [6.45, 7) is 12.0. The van der Waals surface area contributed by atoms with Gasteiger partial charge in [-0.3, -0.25) is 37.3 Å². The number of phosphoric ester groups is 2. The van der Waals surface area contributed by atoms with E-state index in [9.17, 15) is 43.2 Å². The van der Waals surface area contributed by atoms with E-state index in [-0.39, 0.29) is 25.7 Å². The Morgan fingerprint density at radius 3 is 0.745 bits per heavy atom. The molecule has 0 spiro atoms. The van der Waals surface area contributed by atoms with Crippen LogP contribution in [0.25, 0.3) is 0 Å².